The van der Waals surface area contributed by atoms with E-state index in [1.54, 1.807) is 18.2 Å². The van der Waals surface area contributed by atoms with Gasteiger partial charge in [0.05, 0.1) is 40.8 Å². The Labute approximate surface area is 330 Å². The maximum absolute atomic E-state index is 11.1. The first-order valence-corrected chi connectivity index (χ1v) is 19.7. The number of nitro groups is 1. The molecule has 0 saturated heterocycles. The molecule has 56 heavy (non-hydrogen) atoms. The quantitative estimate of drug-likeness (QED) is 0.0271. The molecule has 7 nitrogen and oxygen atoms in total. The summed E-state index contributed by atoms with van der Waals surface area (Å²) in [5.41, 5.74) is 8.05. The van der Waals surface area contributed by atoms with Gasteiger partial charge in [0.1, 0.15) is 11.5 Å². The number of hydrogen-bond donors (Lipinski definition) is 0. The molecule has 0 aliphatic carbocycles. The standard InChI is InChI=1S/C49H49N3O4/c1-4-7-9-13-29-55-48-34-40(49(33-38(48)6-3)56-30-14-10-8-5-2)21-17-37-20-28-47-45(32-37)44-15-11-12-16-46(44)51(47)42-24-18-36(19-25-42)31-41(35-50)39-22-26-43(27-23-39)52(53)54/h6,11-12,15-28,31-34H,3-5,7-10,13-14,29-30H2,1-2H3/b21-17+,41-31+. The van der Waals surface area contributed by atoms with Crippen LogP contribution in [-0.4, -0.2) is 22.7 Å². The Morgan fingerprint density at radius 1 is 0.732 bits per heavy atom. The number of aromatic nitrogens is 1. The van der Waals surface area contributed by atoms with Gasteiger partial charge in [0, 0.05) is 39.7 Å². The third-order valence-corrected chi connectivity index (χ3v) is 10.00. The maximum Gasteiger partial charge on any atom is 0.269 e. The van der Waals surface area contributed by atoms with E-state index >= 15 is 0 Å². The number of rotatable bonds is 19. The number of non-ortho nitro benzene ring substituents is 1. The van der Waals surface area contributed by atoms with Gasteiger partial charge in [0.25, 0.3) is 5.69 Å². The molecule has 0 bridgehead atoms. The van der Waals surface area contributed by atoms with Crippen LogP contribution >= 0.6 is 0 Å². The molecule has 0 unspecified atom stereocenters. The van der Waals surface area contributed by atoms with Gasteiger partial charge in [-0.3, -0.25) is 10.1 Å². The molecule has 7 heteroatoms. The van der Waals surface area contributed by atoms with Crippen molar-refractivity contribution in [2.45, 2.75) is 65.2 Å². The lowest BCUT2D eigenvalue weighted by Crippen LogP contribution is -2.02. The first-order chi connectivity index (χ1) is 27.4. The van der Waals surface area contributed by atoms with Gasteiger partial charge in [-0.2, -0.15) is 5.26 Å². The minimum atomic E-state index is -0.447. The van der Waals surface area contributed by atoms with E-state index in [4.69, 9.17) is 9.47 Å². The average molecular weight is 744 g/mol. The number of fused-ring (bicyclic) bond motifs is 3. The Bertz CT molecular complexity index is 2400. The van der Waals surface area contributed by atoms with Crippen molar-refractivity contribution in [1.82, 2.24) is 4.57 Å². The number of benzene rings is 5. The molecular formula is C49H49N3O4. The van der Waals surface area contributed by atoms with E-state index in [0.717, 1.165) is 86.9 Å². The number of allylic oxidation sites excluding steroid dienone is 1. The first-order valence-electron chi connectivity index (χ1n) is 19.7. The molecule has 0 spiro atoms. The number of para-hydroxylation sites is 1. The lowest BCUT2D eigenvalue weighted by atomic mass is 10.0. The summed E-state index contributed by atoms with van der Waals surface area (Å²) in [6.07, 6.45) is 17.0. The molecule has 0 atom stereocenters. The Balaban J connectivity index is 1.30. The van der Waals surface area contributed by atoms with Gasteiger partial charge in [-0.15, -0.1) is 0 Å². The summed E-state index contributed by atoms with van der Waals surface area (Å²) in [5.74, 6) is 1.65. The predicted molar refractivity (Wildman–Crippen MR) is 232 cm³/mol. The van der Waals surface area contributed by atoms with Crippen LogP contribution in [0.5, 0.6) is 11.5 Å². The predicted octanol–water partition coefficient (Wildman–Crippen LogP) is 13.5. The average Bonchev–Trinajstić information content (AvgIpc) is 3.56. The Morgan fingerprint density at radius 2 is 1.36 bits per heavy atom. The van der Waals surface area contributed by atoms with E-state index in [0.29, 0.717) is 24.4 Å². The summed E-state index contributed by atoms with van der Waals surface area (Å²) in [6.45, 7) is 9.83. The fourth-order valence-electron chi connectivity index (χ4n) is 6.94. The highest BCUT2D eigenvalue weighted by molar-refractivity contribution is 6.10. The van der Waals surface area contributed by atoms with Gasteiger partial charge < -0.3 is 14.0 Å². The molecule has 6 aromatic rings. The molecule has 0 aliphatic rings. The fourth-order valence-corrected chi connectivity index (χ4v) is 6.94. The smallest absolute Gasteiger partial charge is 0.269 e. The van der Waals surface area contributed by atoms with Crippen LogP contribution in [0.15, 0.2) is 110 Å². The normalized spacial score (nSPS) is 11.6. The molecule has 0 fully saturated rings. The lowest BCUT2D eigenvalue weighted by molar-refractivity contribution is -0.384. The molecule has 0 radical (unpaired) electrons. The molecule has 0 aliphatic heterocycles. The Hall–Kier alpha value is -6.39. The van der Waals surface area contributed by atoms with Crippen molar-refractivity contribution in [3.63, 3.8) is 0 Å². The molecule has 0 amide bonds. The summed E-state index contributed by atoms with van der Waals surface area (Å²) >= 11 is 0. The van der Waals surface area contributed by atoms with Crippen molar-refractivity contribution in [3.8, 4) is 23.3 Å². The zero-order valence-electron chi connectivity index (χ0n) is 32.4. The minimum Gasteiger partial charge on any atom is -0.493 e. The van der Waals surface area contributed by atoms with E-state index in [1.807, 2.05) is 18.2 Å². The summed E-state index contributed by atoms with van der Waals surface area (Å²) < 4.78 is 14.9. The van der Waals surface area contributed by atoms with Gasteiger partial charge >= 0.3 is 0 Å². The highest BCUT2D eigenvalue weighted by atomic mass is 16.6. The van der Waals surface area contributed by atoms with Crippen molar-refractivity contribution in [3.05, 3.63) is 148 Å². The molecule has 0 saturated carbocycles. The molecule has 1 aromatic heterocycles. The monoisotopic (exact) mass is 743 g/mol. The van der Waals surface area contributed by atoms with Crippen LogP contribution < -0.4 is 9.47 Å². The molecule has 284 valence electrons. The number of unbranched alkanes of at least 4 members (excludes halogenated alkanes) is 6. The van der Waals surface area contributed by atoms with Gasteiger partial charge in [-0.25, -0.2) is 0 Å². The van der Waals surface area contributed by atoms with E-state index in [1.165, 1.54) is 37.8 Å². The second-order valence-electron chi connectivity index (χ2n) is 14.0. The molecule has 5 aromatic carbocycles. The van der Waals surface area contributed by atoms with E-state index in [2.05, 4.69) is 110 Å². The van der Waals surface area contributed by atoms with Crippen molar-refractivity contribution in [1.29, 1.82) is 5.26 Å². The Morgan fingerprint density at radius 3 is 2.00 bits per heavy atom. The second-order valence-corrected chi connectivity index (χ2v) is 14.0. The van der Waals surface area contributed by atoms with Crippen molar-refractivity contribution < 1.29 is 14.4 Å². The van der Waals surface area contributed by atoms with Gasteiger partial charge in [0.15, 0.2) is 0 Å². The minimum absolute atomic E-state index is 0.0111. The van der Waals surface area contributed by atoms with Gasteiger partial charge in [0.2, 0.25) is 0 Å². The summed E-state index contributed by atoms with van der Waals surface area (Å²) in [4.78, 5) is 10.6. The zero-order valence-corrected chi connectivity index (χ0v) is 32.4. The number of nitrogens with zero attached hydrogens (tertiary/aromatic N) is 3. The van der Waals surface area contributed by atoms with Crippen LogP contribution in [0.1, 0.15) is 93.0 Å². The van der Waals surface area contributed by atoms with Crippen LogP contribution in [0.2, 0.25) is 0 Å². The summed E-state index contributed by atoms with van der Waals surface area (Å²) in [6, 6.07) is 35.5. The Kier molecular flexibility index (Phi) is 13.5. The van der Waals surface area contributed by atoms with Crippen LogP contribution in [-0.2, 0) is 0 Å². The maximum atomic E-state index is 11.1. The zero-order chi connectivity index (χ0) is 39.3. The molecular weight excluding hydrogens is 695 g/mol. The third-order valence-electron chi connectivity index (χ3n) is 10.00. The number of nitriles is 1. The SMILES string of the molecule is C=Cc1cc(OCCCCCC)c(/C=C/c2ccc3c(c2)c2ccccc2n3-c2ccc(/C=C(\C#N)c3ccc([N+](=O)[O-])cc3)cc2)cc1OCCCCCC. The van der Waals surface area contributed by atoms with Crippen LogP contribution in [0.3, 0.4) is 0 Å². The van der Waals surface area contributed by atoms with Crippen LogP contribution in [0.25, 0.3) is 57.4 Å². The first kappa shape index (κ1) is 39.3. The van der Waals surface area contributed by atoms with Gasteiger partial charge in [-0.1, -0.05) is 114 Å². The van der Waals surface area contributed by atoms with E-state index in [-0.39, 0.29) is 5.69 Å². The fraction of sp³-hybridized carbons (Fsp3) is 0.245. The van der Waals surface area contributed by atoms with Crippen molar-refractivity contribution in [2.24, 2.45) is 0 Å². The van der Waals surface area contributed by atoms with E-state index in [9.17, 15) is 15.4 Å². The largest absolute Gasteiger partial charge is 0.493 e. The molecule has 0 N–H and O–H groups in total. The topological polar surface area (TPSA) is 90.3 Å². The van der Waals surface area contributed by atoms with Crippen molar-refractivity contribution >= 4 is 57.4 Å². The number of nitro benzene ring substituents is 1. The second kappa shape index (κ2) is 19.3. The van der Waals surface area contributed by atoms with Crippen molar-refractivity contribution in [2.75, 3.05) is 13.2 Å². The molecule has 6 rings (SSSR count). The highest BCUT2D eigenvalue weighted by Crippen LogP contribution is 2.35. The third kappa shape index (κ3) is 9.45. The van der Waals surface area contributed by atoms with E-state index < -0.39 is 4.92 Å². The number of hydrogen-bond acceptors (Lipinski definition) is 5. The summed E-state index contributed by atoms with van der Waals surface area (Å²) in [5, 5.41) is 23.2. The van der Waals surface area contributed by atoms with Crippen LogP contribution in [0.4, 0.5) is 5.69 Å². The van der Waals surface area contributed by atoms with Gasteiger partial charge in [-0.05, 0) is 90.2 Å². The van der Waals surface area contributed by atoms with Crippen LogP contribution in [0, 0.1) is 21.4 Å². The highest BCUT2D eigenvalue weighted by Gasteiger charge is 2.14. The summed E-state index contributed by atoms with van der Waals surface area (Å²) in [7, 11) is 0. The number of ether oxygens (including phenoxy) is 2. The lowest BCUT2D eigenvalue weighted by Gasteiger charge is -2.15. The molecule has 1 heterocycles.